The van der Waals surface area contributed by atoms with Gasteiger partial charge in [-0.05, 0) is 30.6 Å². The molecule has 2 unspecified atom stereocenters. The lowest BCUT2D eigenvalue weighted by atomic mass is 9.71. The minimum Gasteiger partial charge on any atom is -0.490 e. The summed E-state index contributed by atoms with van der Waals surface area (Å²) in [7, 11) is 0. The number of ether oxygens (including phenoxy) is 1. The van der Waals surface area contributed by atoms with E-state index in [4.69, 9.17) is 4.74 Å². The van der Waals surface area contributed by atoms with Crippen molar-refractivity contribution >= 4 is 5.69 Å². The predicted octanol–water partition coefficient (Wildman–Crippen LogP) is 4.33. The van der Waals surface area contributed by atoms with Crippen LogP contribution in [0.3, 0.4) is 0 Å². The molecule has 0 aliphatic heterocycles. The van der Waals surface area contributed by atoms with Gasteiger partial charge in [-0.1, -0.05) is 20.8 Å². The Hall–Kier alpha value is -1.65. The molecule has 1 saturated carbocycles. The Kier molecular flexibility index (Phi) is 3.97. The fourth-order valence-electron chi connectivity index (χ4n) is 3.26. The highest BCUT2D eigenvalue weighted by atomic mass is 19.1. The SMILES string of the molecule is CC1CC(Oc2cc(F)cc([N+](=O)[O-])c2)CC(C)(C)C1. The largest absolute Gasteiger partial charge is 0.490 e. The molecule has 1 aromatic rings. The Morgan fingerprint density at radius 1 is 1.35 bits per heavy atom. The van der Waals surface area contributed by atoms with Gasteiger partial charge in [-0.2, -0.15) is 0 Å². The number of nitro benzene ring substituents is 1. The molecular formula is C15H20FNO3. The van der Waals surface area contributed by atoms with Crippen molar-refractivity contribution in [2.75, 3.05) is 0 Å². The maximum atomic E-state index is 13.4. The highest BCUT2D eigenvalue weighted by molar-refractivity contribution is 5.39. The van der Waals surface area contributed by atoms with E-state index in [1.807, 2.05) is 0 Å². The van der Waals surface area contributed by atoms with Gasteiger partial charge in [0.15, 0.2) is 0 Å². The van der Waals surface area contributed by atoms with E-state index in [1.54, 1.807) is 0 Å². The molecular weight excluding hydrogens is 261 g/mol. The fraction of sp³-hybridized carbons (Fsp3) is 0.600. The van der Waals surface area contributed by atoms with E-state index in [0.29, 0.717) is 5.92 Å². The van der Waals surface area contributed by atoms with Crippen molar-refractivity contribution in [3.63, 3.8) is 0 Å². The van der Waals surface area contributed by atoms with Gasteiger partial charge in [0.1, 0.15) is 11.6 Å². The third kappa shape index (κ3) is 3.68. The second kappa shape index (κ2) is 5.38. The van der Waals surface area contributed by atoms with E-state index in [1.165, 1.54) is 12.1 Å². The molecule has 2 rings (SSSR count). The standard InChI is InChI=1S/C15H20FNO3/c1-10-4-14(9-15(2,3)8-10)20-13-6-11(16)5-12(7-13)17(18)19/h5-7,10,14H,4,8-9H2,1-3H3. The van der Waals surface area contributed by atoms with Crippen LogP contribution in [0.2, 0.25) is 0 Å². The van der Waals surface area contributed by atoms with E-state index < -0.39 is 10.7 Å². The van der Waals surface area contributed by atoms with Gasteiger partial charge >= 0.3 is 0 Å². The Balaban J connectivity index is 2.15. The molecule has 0 bridgehead atoms. The number of halogens is 1. The molecule has 1 aliphatic rings. The van der Waals surface area contributed by atoms with Crippen molar-refractivity contribution in [3.8, 4) is 5.75 Å². The van der Waals surface area contributed by atoms with E-state index in [9.17, 15) is 14.5 Å². The number of nitro groups is 1. The van der Waals surface area contributed by atoms with Gasteiger partial charge in [-0.3, -0.25) is 10.1 Å². The van der Waals surface area contributed by atoms with Gasteiger partial charge in [0.2, 0.25) is 0 Å². The van der Waals surface area contributed by atoms with Gasteiger partial charge in [0.25, 0.3) is 5.69 Å². The van der Waals surface area contributed by atoms with Crippen LogP contribution in [0.4, 0.5) is 10.1 Å². The lowest BCUT2D eigenvalue weighted by molar-refractivity contribution is -0.385. The fourth-order valence-corrected chi connectivity index (χ4v) is 3.26. The number of rotatable bonds is 3. The minimum absolute atomic E-state index is 0.0184. The average Bonchev–Trinajstić information content (AvgIpc) is 2.24. The molecule has 1 aromatic carbocycles. The smallest absolute Gasteiger partial charge is 0.276 e. The normalized spacial score (nSPS) is 25.2. The summed E-state index contributed by atoms with van der Waals surface area (Å²) < 4.78 is 19.2. The topological polar surface area (TPSA) is 52.4 Å². The van der Waals surface area contributed by atoms with Gasteiger partial charge in [0.05, 0.1) is 23.2 Å². The molecule has 5 heteroatoms. The summed E-state index contributed by atoms with van der Waals surface area (Å²) >= 11 is 0. The maximum absolute atomic E-state index is 13.4. The number of hydrogen-bond acceptors (Lipinski definition) is 3. The monoisotopic (exact) mass is 281 g/mol. The summed E-state index contributed by atoms with van der Waals surface area (Å²) in [6.07, 6.45) is 2.89. The number of hydrogen-bond donors (Lipinski definition) is 0. The summed E-state index contributed by atoms with van der Waals surface area (Å²) in [6.45, 7) is 6.55. The zero-order valence-corrected chi connectivity index (χ0v) is 12.1. The van der Waals surface area contributed by atoms with Crippen molar-refractivity contribution in [2.24, 2.45) is 11.3 Å². The minimum atomic E-state index is -0.641. The lowest BCUT2D eigenvalue weighted by Gasteiger charge is -2.38. The van der Waals surface area contributed by atoms with Crippen LogP contribution in [0.25, 0.3) is 0 Å². The Labute approximate surface area is 118 Å². The van der Waals surface area contributed by atoms with Crippen LogP contribution >= 0.6 is 0 Å². The first-order valence-corrected chi connectivity index (χ1v) is 6.87. The van der Waals surface area contributed by atoms with Crippen molar-refractivity contribution in [3.05, 3.63) is 34.1 Å². The third-order valence-electron chi connectivity index (χ3n) is 3.72. The van der Waals surface area contributed by atoms with Crippen LogP contribution in [-0.4, -0.2) is 11.0 Å². The van der Waals surface area contributed by atoms with Crippen molar-refractivity contribution in [1.29, 1.82) is 0 Å². The first-order chi connectivity index (χ1) is 9.25. The van der Waals surface area contributed by atoms with E-state index in [-0.39, 0.29) is 23.0 Å². The molecule has 1 aliphatic carbocycles. The Bertz CT molecular complexity index is 516. The number of nitrogens with zero attached hydrogens (tertiary/aromatic N) is 1. The molecule has 0 heterocycles. The molecule has 2 atom stereocenters. The summed E-state index contributed by atoms with van der Waals surface area (Å²) in [5.41, 5.74) is -0.0928. The zero-order valence-electron chi connectivity index (χ0n) is 12.1. The number of non-ortho nitro benzene ring substituents is 1. The first kappa shape index (κ1) is 14.8. The van der Waals surface area contributed by atoms with Gasteiger partial charge in [-0.25, -0.2) is 4.39 Å². The second-order valence-electron chi connectivity index (χ2n) is 6.56. The molecule has 1 fully saturated rings. The molecule has 20 heavy (non-hydrogen) atoms. The second-order valence-corrected chi connectivity index (χ2v) is 6.56. The highest BCUT2D eigenvalue weighted by Crippen LogP contribution is 2.40. The first-order valence-electron chi connectivity index (χ1n) is 6.87. The van der Waals surface area contributed by atoms with Crippen LogP contribution in [0.5, 0.6) is 5.75 Å². The summed E-state index contributed by atoms with van der Waals surface area (Å²) in [5, 5.41) is 10.7. The molecule has 0 radical (unpaired) electrons. The molecule has 110 valence electrons. The van der Waals surface area contributed by atoms with Crippen molar-refractivity contribution in [2.45, 2.75) is 46.1 Å². The van der Waals surface area contributed by atoms with Gasteiger partial charge in [0, 0.05) is 6.07 Å². The summed E-state index contributed by atoms with van der Waals surface area (Å²) in [5.74, 6) is 0.135. The predicted molar refractivity (Wildman–Crippen MR) is 74.3 cm³/mol. The van der Waals surface area contributed by atoms with E-state index >= 15 is 0 Å². The molecule has 4 nitrogen and oxygen atoms in total. The lowest BCUT2D eigenvalue weighted by Crippen LogP contribution is -2.34. The number of benzene rings is 1. The summed E-state index contributed by atoms with van der Waals surface area (Å²) in [4.78, 5) is 10.1. The molecule has 0 N–H and O–H groups in total. The van der Waals surface area contributed by atoms with Crippen molar-refractivity contribution < 1.29 is 14.1 Å². The van der Waals surface area contributed by atoms with Crippen LogP contribution < -0.4 is 4.74 Å². The third-order valence-corrected chi connectivity index (χ3v) is 3.72. The van der Waals surface area contributed by atoms with Crippen LogP contribution in [-0.2, 0) is 0 Å². The highest BCUT2D eigenvalue weighted by Gasteiger charge is 2.33. The molecule has 0 aromatic heterocycles. The quantitative estimate of drug-likeness (QED) is 0.612. The molecule has 0 amide bonds. The zero-order chi connectivity index (χ0) is 14.9. The van der Waals surface area contributed by atoms with Crippen LogP contribution in [0.1, 0.15) is 40.0 Å². The summed E-state index contributed by atoms with van der Waals surface area (Å²) in [6, 6.07) is 3.40. The molecule has 0 spiro atoms. The maximum Gasteiger partial charge on any atom is 0.276 e. The van der Waals surface area contributed by atoms with Crippen molar-refractivity contribution in [1.82, 2.24) is 0 Å². The van der Waals surface area contributed by atoms with Gasteiger partial charge in [-0.15, -0.1) is 0 Å². The van der Waals surface area contributed by atoms with Crippen LogP contribution in [0, 0.1) is 27.3 Å². The Morgan fingerprint density at radius 3 is 2.65 bits per heavy atom. The van der Waals surface area contributed by atoms with Gasteiger partial charge < -0.3 is 4.74 Å². The molecule has 0 saturated heterocycles. The van der Waals surface area contributed by atoms with E-state index in [2.05, 4.69) is 20.8 Å². The average molecular weight is 281 g/mol. The Morgan fingerprint density at radius 2 is 2.05 bits per heavy atom. The van der Waals surface area contributed by atoms with Crippen LogP contribution in [0.15, 0.2) is 18.2 Å². The van der Waals surface area contributed by atoms with E-state index in [0.717, 1.165) is 25.3 Å².